The lowest BCUT2D eigenvalue weighted by molar-refractivity contribution is -0.130. The molecule has 2 fully saturated rings. The number of carbonyl (C=O) groups is 1. The maximum Gasteiger partial charge on any atom is 0.233 e. The third-order valence-corrected chi connectivity index (χ3v) is 4.98. The molecule has 0 atom stereocenters. The number of nitrogens with zero attached hydrogens (tertiary/aromatic N) is 1. The highest BCUT2D eigenvalue weighted by Crippen LogP contribution is 2.32. The summed E-state index contributed by atoms with van der Waals surface area (Å²) in [5, 5.41) is 6.18. The van der Waals surface area contributed by atoms with E-state index in [0.29, 0.717) is 38.3 Å². The van der Waals surface area contributed by atoms with Crippen molar-refractivity contribution in [2.45, 2.75) is 12.8 Å². The molecule has 9 heteroatoms. The Labute approximate surface area is 172 Å². The summed E-state index contributed by atoms with van der Waals surface area (Å²) in [7, 11) is 1.61. The van der Waals surface area contributed by atoms with Gasteiger partial charge < -0.3 is 25.0 Å². The zero-order valence-corrected chi connectivity index (χ0v) is 17.1. The summed E-state index contributed by atoms with van der Waals surface area (Å²) < 4.78 is 24.7. The number of benzene rings is 1. The van der Waals surface area contributed by atoms with Crippen LogP contribution in [0.5, 0.6) is 0 Å². The molecular formula is C18H28Cl2FN3O3. The summed E-state index contributed by atoms with van der Waals surface area (Å²) in [6.45, 7) is 4.61. The Hall–Kier alpha value is -1.12. The predicted molar refractivity (Wildman–Crippen MR) is 109 cm³/mol. The van der Waals surface area contributed by atoms with E-state index in [1.54, 1.807) is 7.11 Å². The standard InChI is InChI=1S/C18H26FN3O3.2ClH/c1-24-13-18(2-4-20-5-3-18)17(23)21-15-10-14(19)11-16(12-15)22-6-8-25-9-7-22;;/h10-12,20H,2-9,13H2,1H3,(H,21,23);2*1H. The summed E-state index contributed by atoms with van der Waals surface area (Å²) in [4.78, 5) is 15.0. The van der Waals surface area contributed by atoms with Gasteiger partial charge in [-0.25, -0.2) is 4.39 Å². The molecule has 0 saturated carbocycles. The van der Waals surface area contributed by atoms with Crippen molar-refractivity contribution in [1.82, 2.24) is 5.32 Å². The molecule has 0 radical (unpaired) electrons. The van der Waals surface area contributed by atoms with Crippen molar-refractivity contribution in [3.8, 4) is 0 Å². The van der Waals surface area contributed by atoms with Crippen LogP contribution in [0.4, 0.5) is 15.8 Å². The monoisotopic (exact) mass is 423 g/mol. The van der Waals surface area contributed by atoms with Gasteiger partial charge in [0.2, 0.25) is 5.91 Å². The fraction of sp³-hybridized carbons (Fsp3) is 0.611. The number of hydrogen-bond donors (Lipinski definition) is 2. The van der Waals surface area contributed by atoms with E-state index in [-0.39, 0.29) is 36.5 Å². The summed E-state index contributed by atoms with van der Waals surface area (Å²) in [5.74, 6) is -0.459. The summed E-state index contributed by atoms with van der Waals surface area (Å²) in [5.41, 5.74) is 0.691. The highest BCUT2D eigenvalue weighted by Gasteiger charge is 2.39. The van der Waals surface area contributed by atoms with Crippen LogP contribution in [0.3, 0.4) is 0 Å². The van der Waals surface area contributed by atoms with E-state index in [1.807, 2.05) is 6.07 Å². The number of nitrogens with one attached hydrogen (secondary N) is 2. The second-order valence-electron chi connectivity index (χ2n) is 6.71. The third-order valence-electron chi connectivity index (χ3n) is 4.98. The van der Waals surface area contributed by atoms with Gasteiger partial charge in [0.05, 0.1) is 25.2 Å². The molecule has 1 amide bonds. The topological polar surface area (TPSA) is 62.8 Å². The van der Waals surface area contributed by atoms with Crippen molar-refractivity contribution >= 4 is 42.1 Å². The lowest BCUT2D eigenvalue weighted by atomic mass is 9.78. The molecule has 2 aliphatic heterocycles. The van der Waals surface area contributed by atoms with Gasteiger partial charge in [-0.15, -0.1) is 24.8 Å². The lowest BCUT2D eigenvalue weighted by Gasteiger charge is -2.35. The number of anilines is 2. The summed E-state index contributed by atoms with van der Waals surface area (Å²) in [6.07, 6.45) is 1.41. The summed E-state index contributed by atoms with van der Waals surface area (Å²) >= 11 is 0. The minimum absolute atomic E-state index is 0. The molecule has 3 rings (SSSR count). The molecule has 27 heavy (non-hydrogen) atoms. The van der Waals surface area contributed by atoms with Crippen molar-refractivity contribution < 1.29 is 18.7 Å². The first-order valence-electron chi connectivity index (χ1n) is 8.77. The van der Waals surface area contributed by atoms with Crippen molar-refractivity contribution in [2.75, 3.05) is 63.3 Å². The molecule has 2 saturated heterocycles. The molecular weight excluding hydrogens is 396 g/mol. The number of piperidine rings is 1. The molecule has 0 spiro atoms. The Morgan fingerprint density at radius 3 is 2.56 bits per heavy atom. The number of ether oxygens (including phenoxy) is 2. The zero-order chi connectivity index (χ0) is 17.7. The largest absolute Gasteiger partial charge is 0.384 e. The Balaban J connectivity index is 0.00000182. The molecule has 0 aromatic heterocycles. The quantitative estimate of drug-likeness (QED) is 0.761. The first-order chi connectivity index (χ1) is 12.1. The van der Waals surface area contributed by atoms with Crippen LogP contribution >= 0.6 is 24.8 Å². The average molecular weight is 424 g/mol. The number of methoxy groups -OCH3 is 1. The van der Waals surface area contributed by atoms with E-state index in [2.05, 4.69) is 15.5 Å². The average Bonchev–Trinajstić information content (AvgIpc) is 2.63. The minimum Gasteiger partial charge on any atom is -0.384 e. The van der Waals surface area contributed by atoms with Gasteiger partial charge in [0.15, 0.2) is 0 Å². The molecule has 1 aromatic carbocycles. The Morgan fingerprint density at radius 2 is 1.93 bits per heavy atom. The lowest BCUT2D eigenvalue weighted by Crippen LogP contribution is -2.47. The highest BCUT2D eigenvalue weighted by molar-refractivity contribution is 5.96. The smallest absolute Gasteiger partial charge is 0.233 e. The van der Waals surface area contributed by atoms with Crippen LogP contribution in [0.2, 0.25) is 0 Å². The number of hydrogen-bond acceptors (Lipinski definition) is 5. The molecule has 0 bridgehead atoms. The van der Waals surface area contributed by atoms with Gasteiger partial charge in [-0.3, -0.25) is 4.79 Å². The van der Waals surface area contributed by atoms with Gasteiger partial charge >= 0.3 is 0 Å². The predicted octanol–water partition coefficient (Wildman–Crippen LogP) is 2.46. The molecule has 6 nitrogen and oxygen atoms in total. The molecule has 2 N–H and O–H groups in total. The van der Waals surface area contributed by atoms with Gasteiger partial charge in [-0.1, -0.05) is 0 Å². The van der Waals surface area contributed by atoms with E-state index in [0.717, 1.165) is 31.9 Å². The van der Waals surface area contributed by atoms with Crippen molar-refractivity contribution in [3.05, 3.63) is 24.0 Å². The highest BCUT2D eigenvalue weighted by atomic mass is 35.5. The number of rotatable bonds is 5. The van der Waals surface area contributed by atoms with E-state index in [4.69, 9.17) is 9.47 Å². The Bertz CT molecular complexity index is 604. The summed E-state index contributed by atoms with van der Waals surface area (Å²) in [6, 6.07) is 4.69. The SMILES string of the molecule is COCC1(C(=O)Nc2cc(F)cc(N3CCOCC3)c2)CCNCC1.Cl.Cl. The maximum atomic E-state index is 14.1. The van der Waals surface area contributed by atoms with E-state index in [9.17, 15) is 9.18 Å². The van der Waals surface area contributed by atoms with E-state index >= 15 is 0 Å². The van der Waals surface area contributed by atoms with Crippen LogP contribution in [-0.4, -0.2) is 59.0 Å². The van der Waals surface area contributed by atoms with Crippen LogP contribution in [0.15, 0.2) is 18.2 Å². The van der Waals surface area contributed by atoms with Crippen molar-refractivity contribution in [3.63, 3.8) is 0 Å². The molecule has 0 aliphatic carbocycles. The number of carbonyl (C=O) groups excluding carboxylic acids is 1. The third kappa shape index (κ3) is 5.93. The maximum absolute atomic E-state index is 14.1. The van der Waals surface area contributed by atoms with E-state index < -0.39 is 5.41 Å². The molecule has 0 unspecified atom stereocenters. The van der Waals surface area contributed by atoms with Gasteiger partial charge in [0, 0.05) is 31.6 Å². The molecule has 2 heterocycles. The fourth-order valence-corrected chi connectivity index (χ4v) is 3.53. The van der Waals surface area contributed by atoms with Crippen LogP contribution in [-0.2, 0) is 14.3 Å². The fourth-order valence-electron chi connectivity index (χ4n) is 3.53. The second-order valence-corrected chi connectivity index (χ2v) is 6.71. The molecule has 2 aliphatic rings. The van der Waals surface area contributed by atoms with Crippen LogP contribution in [0.1, 0.15) is 12.8 Å². The molecule has 154 valence electrons. The minimum atomic E-state index is -0.564. The van der Waals surface area contributed by atoms with Crippen molar-refractivity contribution in [2.24, 2.45) is 5.41 Å². The van der Waals surface area contributed by atoms with Crippen LogP contribution in [0.25, 0.3) is 0 Å². The van der Waals surface area contributed by atoms with Gasteiger partial charge in [-0.2, -0.15) is 0 Å². The van der Waals surface area contributed by atoms with Crippen molar-refractivity contribution in [1.29, 1.82) is 0 Å². The molecule has 1 aromatic rings. The Kier molecular flexibility index (Phi) is 9.76. The Morgan fingerprint density at radius 1 is 1.26 bits per heavy atom. The van der Waals surface area contributed by atoms with Gasteiger partial charge in [-0.05, 0) is 44.1 Å². The number of amides is 1. The van der Waals surface area contributed by atoms with E-state index in [1.165, 1.54) is 12.1 Å². The van der Waals surface area contributed by atoms with Crippen LogP contribution < -0.4 is 15.5 Å². The van der Waals surface area contributed by atoms with Gasteiger partial charge in [0.25, 0.3) is 0 Å². The zero-order valence-electron chi connectivity index (χ0n) is 15.5. The first-order valence-corrected chi connectivity index (χ1v) is 8.77. The second kappa shape index (κ2) is 11.0. The van der Waals surface area contributed by atoms with Crippen LogP contribution in [0, 0.1) is 11.2 Å². The number of halogens is 3. The normalized spacial score (nSPS) is 18.8. The van der Waals surface area contributed by atoms with Gasteiger partial charge in [0.1, 0.15) is 5.82 Å². The first kappa shape index (κ1) is 23.9. The number of morpholine rings is 1.